The molecule has 0 bridgehead atoms. The van der Waals surface area contributed by atoms with Gasteiger partial charge in [0, 0.05) is 18.7 Å². The molecule has 1 saturated heterocycles. The second-order valence-corrected chi connectivity index (χ2v) is 7.81. The van der Waals surface area contributed by atoms with Crippen LogP contribution in [0.2, 0.25) is 0 Å². The summed E-state index contributed by atoms with van der Waals surface area (Å²) in [4.78, 5) is 30.0. The van der Waals surface area contributed by atoms with E-state index in [9.17, 15) is 9.59 Å². The van der Waals surface area contributed by atoms with Crippen LogP contribution in [-0.2, 0) is 4.79 Å². The van der Waals surface area contributed by atoms with Gasteiger partial charge in [-0.15, -0.1) is 0 Å². The van der Waals surface area contributed by atoms with E-state index in [0.29, 0.717) is 27.3 Å². The molecule has 2 aromatic carbocycles. The Bertz CT molecular complexity index is 1030. The van der Waals surface area contributed by atoms with Crippen molar-refractivity contribution in [2.45, 2.75) is 0 Å². The first-order valence-electron chi connectivity index (χ1n) is 8.35. The number of nitrogens with zero attached hydrogens (tertiary/aromatic N) is 2. The van der Waals surface area contributed by atoms with Crippen LogP contribution in [-0.4, -0.2) is 48.3 Å². The average Bonchev–Trinajstić information content (AvgIpc) is 2.96. The standard InChI is InChI=1S/C20H17BrN2O5S/c1-23-18(24)17(9-12-8-14(21)16(28-3)10-15(12)27-2)29-20(23)22-13-6-4-11(5-7-13)19(25)26/h4-10H,1-3H3,(H,25,26)/b17-9-,22-20+. The van der Waals surface area contributed by atoms with Gasteiger partial charge in [-0.05, 0) is 64.1 Å². The SMILES string of the molecule is COc1cc(OC)c(/C=C2\S/C(=N/c3ccc(C(=O)O)cc3)N(C)C2=O)cc1Br. The molecule has 0 radical (unpaired) electrons. The van der Waals surface area contributed by atoms with Gasteiger partial charge in [0.2, 0.25) is 0 Å². The minimum Gasteiger partial charge on any atom is -0.496 e. The highest BCUT2D eigenvalue weighted by Crippen LogP contribution is 2.38. The summed E-state index contributed by atoms with van der Waals surface area (Å²) in [6.45, 7) is 0. The molecule has 150 valence electrons. The molecule has 0 saturated carbocycles. The van der Waals surface area contributed by atoms with Crippen LogP contribution in [0.4, 0.5) is 5.69 Å². The minimum absolute atomic E-state index is 0.176. The van der Waals surface area contributed by atoms with Gasteiger partial charge >= 0.3 is 5.97 Å². The van der Waals surface area contributed by atoms with Crippen molar-refractivity contribution in [2.75, 3.05) is 21.3 Å². The number of ether oxygens (including phenoxy) is 2. The van der Waals surface area contributed by atoms with Crippen LogP contribution in [0.15, 0.2) is 50.8 Å². The highest BCUT2D eigenvalue weighted by atomic mass is 79.9. The zero-order valence-electron chi connectivity index (χ0n) is 15.8. The molecule has 1 heterocycles. The molecular weight excluding hydrogens is 460 g/mol. The number of rotatable bonds is 5. The first kappa shape index (κ1) is 20.9. The molecule has 1 aliphatic heterocycles. The summed E-state index contributed by atoms with van der Waals surface area (Å²) in [7, 11) is 4.75. The fraction of sp³-hybridized carbons (Fsp3) is 0.150. The van der Waals surface area contributed by atoms with Gasteiger partial charge in [-0.2, -0.15) is 0 Å². The number of likely N-dealkylation sites (N-methyl/N-ethyl adjacent to an activating group) is 1. The number of aliphatic imine (C=N–C) groups is 1. The molecule has 0 aliphatic carbocycles. The van der Waals surface area contributed by atoms with E-state index < -0.39 is 5.97 Å². The predicted octanol–water partition coefficient (Wildman–Crippen LogP) is 4.40. The van der Waals surface area contributed by atoms with Gasteiger partial charge in [-0.25, -0.2) is 9.79 Å². The third-order valence-corrected chi connectivity index (χ3v) is 5.81. The van der Waals surface area contributed by atoms with Gasteiger partial charge in [0.15, 0.2) is 5.17 Å². The maximum Gasteiger partial charge on any atom is 0.335 e. The van der Waals surface area contributed by atoms with Crippen LogP contribution in [0.3, 0.4) is 0 Å². The van der Waals surface area contributed by atoms with Crippen LogP contribution in [0, 0.1) is 0 Å². The summed E-state index contributed by atoms with van der Waals surface area (Å²) in [5.74, 6) is 0.00305. The van der Waals surface area contributed by atoms with E-state index in [0.717, 1.165) is 10.0 Å². The first-order valence-corrected chi connectivity index (χ1v) is 9.96. The monoisotopic (exact) mass is 476 g/mol. The van der Waals surface area contributed by atoms with Crippen LogP contribution in [0.1, 0.15) is 15.9 Å². The second-order valence-electron chi connectivity index (χ2n) is 5.95. The maximum absolute atomic E-state index is 12.7. The normalized spacial score (nSPS) is 16.6. The fourth-order valence-corrected chi connectivity index (χ4v) is 4.08. The number of aromatic carboxylic acids is 1. The van der Waals surface area contributed by atoms with Gasteiger partial charge < -0.3 is 14.6 Å². The number of thioether (sulfide) groups is 1. The Kier molecular flexibility index (Phi) is 6.29. The highest BCUT2D eigenvalue weighted by molar-refractivity contribution is 9.10. The second kappa shape index (κ2) is 8.71. The van der Waals surface area contributed by atoms with Crippen LogP contribution < -0.4 is 9.47 Å². The zero-order valence-corrected chi connectivity index (χ0v) is 18.2. The van der Waals surface area contributed by atoms with E-state index in [1.165, 1.54) is 28.8 Å². The number of carboxylic acid groups (broad SMARTS) is 1. The summed E-state index contributed by atoms with van der Waals surface area (Å²) in [6.07, 6.45) is 1.74. The Morgan fingerprint density at radius 1 is 1.17 bits per heavy atom. The predicted molar refractivity (Wildman–Crippen MR) is 116 cm³/mol. The molecule has 0 unspecified atom stereocenters. The van der Waals surface area contributed by atoms with Crippen molar-refractivity contribution in [1.29, 1.82) is 0 Å². The van der Waals surface area contributed by atoms with Crippen molar-refractivity contribution in [3.8, 4) is 11.5 Å². The molecule has 9 heteroatoms. The smallest absolute Gasteiger partial charge is 0.335 e. The van der Waals surface area contributed by atoms with E-state index >= 15 is 0 Å². The lowest BCUT2D eigenvalue weighted by Gasteiger charge is -2.10. The van der Waals surface area contributed by atoms with Crippen LogP contribution >= 0.6 is 27.7 Å². The Morgan fingerprint density at radius 3 is 2.41 bits per heavy atom. The number of benzene rings is 2. The number of amides is 1. The van der Waals surface area contributed by atoms with Crippen molar-refractivity contribution < 1.29 is 24.2 Å². The average molecular weight is 477 g/mol. The summed E-state index contributed by atoms with van der Waals surface area (Å²) < 4.78 is 11.4. The lowest BCUT2D eigenvalue weighted by atomic mass is 10.1. The molecule has 0 spiro atoms. The molecule has 1 fully saturated rings. The molecule has 29 heavy (non-hydrogen) atoms. The van der Waals surface area contributed by atoms with Gasteiger partial charge in [0.1, 0.15) is 11.5 Å². The molecule has 1 aliphatic rings. The Morgan fingerprint density at radius 2 is 1.83 bits per heavy atom. The summed E-state index contributed by atoms with van der Waals surface area (Å²) in [5, 5.41) is 9.48. The number of hydrogen-bond acceptors (Lipinski definition) is 6. The van der Waals surface area contributed by atoms with E-state index in [2.05, 4.69) is 20.9 Å². The molecule has 0 aromatic heterocycles. The lowest BCUT2D eigenvalue weighted by Crippen LogP contribution is -2.23. The van der Waals surface area contributed by atoms with Crippen molar-refractivity contribution in [1.82, 2.24) is 4.90 Å². The van der Waals surface area contributed by atoms with Gasteiger partial charge in [-0.3, -0.25) is 9.69 Å². The van der Waals surface area contributed by atoms with E-state index in [1.54, 1.807) is 45.5 Å². The number of carboxylic acids is 1. The molecular formula is C20H17BrN2O5S. The number of amidine groups is 1. The fourth-order valence-electron chi connectivity index (χ4n) is 2.58. The number of carbonyl (C=O) groups is 2. The number of methoxy groups -OCH3 is 2. The molecule has 2 aromatic rings. The Hall–Kier alpha value is -2.78. The van der Waals surface area contributed by atoms with Gasteiger partial charge in [0.05, 0.1) is 34.8 Å². The zero-order chi connectivity index (χ0) is 21.1. The van der Waals surface area contributed by atoms with E-state index in [-0.39, 0.29) is 11.5 Å². The topological polar surface area (TPSA) is 88.4 Å². The lowest BCUT2D eigenvalue weighted by molar-refractivity contribution is -0.121. The quantitative estimate of drug-likeness (QED) is 0.643. The molecule has 3 rings (SSSR count). The number of halogens is 1. The summed E-state index contributed by atoms with van der Waals surface area (Å²) >= 11 is 4.67. The third kappa shape index (κ3) is 4.46. The first-order chi connectivity index (χ1) is 13.8. The third-order valence-electron chi connectivity index (χ3n) is 4.13. The van der Waals surface area contributed by atoms with Gasteiger partial charge in [-0.1, -0.05) is 0 Å². The van der Waals surface area contributed by atoms with Crippen molar-refractivity contribution >= 4 is 56.5 Å². The number of hydrogen-bond donors (Lipinski definition) is 1. The molecule has 1 N–H and O–H groups in total. The molecule has 0 atom stereocenters. The van der Waals surface area contributed by atoms with Crippen LogP contribution in [0.25, 0.3) is 6.08 Å². The van der Waals surface area contributed by atoms with E-state index in [1.807, 2.05) is 6.07 Å². The number of carbonyl (C=O) groups excluding carboxylic acids is 1. The minimum atomic E-state index is -1.00. The largest absolute Gasteiger partial charge is 0.496 e. The van der Waals surface area contributed by atoms with Crippen molar-refractivity contribution in [3.05, 3.63) is 56.9 Å². The molecule has 7 nitrogen and oxygen atoms in total. The Labute approximate surface area is 180 Å². The highest BCUT2D eigenvalue weighted by Gasteiger charge is 2.30. The van der Waals surface area contributed by atoms with Crippen LogP contribution in [0.5, 0.6) is 11.5 Å². The Balaban J connectivity index is 1.92. The van der Waals surface area contributed by atoms with Crippen molar-refractivity contribution in [2.24, 2.45) is 4.99 Å². The maximum atomic E-state index is 12.7. The summed E-state index contributed by atoms with van der Waals surface area (Å²) in [6, 6.07) is 9.70. The van der Waals surface area contributed by atoms with E-state index in [4.69, 9.17) is 14.6 Å². The molecule has 1 amide bonds. The van der Waals surface area contributed by atoms with Gasteiger partial charge in [0.25, 0.3) is 5.91 Å². The summed E-state index contributed by atoms with van der Waals surface area (Å²) in [5.41, 5.74) is 1.45. The van der Waals surface area contributed by atoms with Crippen molar-refractivity contribution in [3.63, 3.8) is 0 Å².